The molecule has 1 saturated carbocycles. The molecule has 0 aromatic carbocycles. The maximum absolute atomic E-state index is 12.4. The van der Waals surface area contributed by atoms with Crippen molar-refractivity contribution in [2.24, 2.45) is 11.7 Å². The summed E-state index contributed by atoms with van der Waals surface area (Å²) in [5.41, 5.74) is 6.17. The summed E-state index contributed by atoms with van der Waals surface area (Å²) in [6, 6.07) is 0.484. The molecule has 1 atom stereocenters. The van der Waals surface area contributed by atoms with Crippen LogP contribution in [-0.2, 0) is 9.53 Å². The fourth-order valence-electron chi connectivity index (χ4n) is 3.23. The van der Waals surface area contributed by atoms with Crippen LogP contribution in [0.2, 0.25) is 0 Å². The zero-order valence-corrected chi connectivity index (χ0v) is 14.0. The van der Waals surface area contributed by atoms with E-state index >= 15 is 0 Å². The highest BCUT2D eigenvalue weighted by molar-refractivity contribution is 5.85. The fraction of sp³-hybridized carbons (Fsp3) is 0.929. The third kappa shape index (κ3) is 4.70. The molecule has 2 heterocycles. The van der Waals surface area contributed by atoms with Crippen molar-refractivity contribution in [1.29, 1.82) is 0 Å². The first-order chi connectivity index (χ1) is 9.25. The Hall–Kier alpha value is -0.0700. The average molecular weight is 340 g/mol. The minimum absolute atomic E-state index is 0. The van der Waals surface area contributed by atoms with Gasteiger partial charge in [-0.05, 0) is 31.6 Å². The van der Waals surface area contributed by atoms with Crippen LogP contribution in [-0.4, -0.2) is 67.2 Å². The van der Waals surface area contributed by atoms with Gasteiger partial charge in [0.15, 0.2) is 0 Å². The van der Waals surface area contributed by atoms with Gasteiger partial charge in [0.25, 0.3) is 0 Å². The normalized spacial score (nSPS) is 25.7. The molecule has 0 spiro atoms. The number of ether oxygens (including phenoxy) is 1. The zero-order valence-electron chi connectivity index (χ0n) is 12.4. The SMILES string of the molecule is Cl.Cl.NC(C(=O)N1CCN(C2CC2)CC1)C1CCOCC1. The second kappa shape index (κ2) is 8.53. The van der Waals surface area contributed by atoms with Gasteiger partial charge in [-0.25, -0.2) is 0 Å². The highest BCUT2D eigenvalue weighted by Gasteiger charge is 2.35. The quantitative estimate of drug-likeness (QED) is 0.829. The van der Waals surface area contributed by atoms with Crippen molar-refractivity contribution in [3.8, 4) is 0 Å². The van der Waals surface area contributed by atoms with Crippen LogP contribution in [0.5, 0.6) is 0 Å². The van der Waals surface area contributed by atoms with Crippen LogP contribution in [0.25, 0.3) is 0 Å². The third-order valence-corrected chi connectivity index (χ3v) is 4.75. The predicted molar refractivity (Wildman–Crippen MR) is 87.2 cm³/mol. The Morgan fingerprint density at radius 3 is 2.10 bits per heavy atom. The molecule has 21 heavy (non-hydrogen) atoms. The summed E-state index contributed by atoms with van der Waals surface area (Å²) in [7, 11) is 0. The highest BCUT2D eigenvalue weighted by Crippen LogP contribution is 2.27. The first kappa shape index (κ1) is 19.0. The van der Waals surface area contributed by atoms with E-state index in [2.05, 4.69) is 4.90 Å². The molecule has 2 N–H and O–H groups in total. The molecule has 2 aliphatic heterocycles. The zero-order chi connectivity index (χ0) is 13.2. The molecule has 0 radical (unpaired) electrons. The summed E-state index contributed by atoms with van der Waals surface area (Å²) >= 11 is 0. The van der Waals surface area contributed by atoms with Crippen molar-refractivity contribution in [3.05, 3.63) is 0 Å². The smallest absolute Gasteiger partial charge is 0.239 e. The molecule has 1 aliphatic carbocycles. The number of nitrogens with zero attached hydrogens (tertiary/aromatic N) is 2. The van der Waals surface area contributed by atoms with E-state index in [9.17, 15) is 4.79 Å². The molecule has 3 aliphatic rings. The number of rotatable bonds is 3. The van der Waals surface area contributed by atoms with Crippen LogP contribution in [0.4, 0.5) is 0 Å². The topological polar surface area (TPSA) is 58.8 Å². The minimum Gasteiger partial charge on any atom is -0.381 e. The van der Waals surface area contributed by atoms with Crippen LogP contribution >= 0.6 is 24.8 Å². The first-order valence-corrected chi connectivity index (χ1v) is 7.62. The van der Waals surface area contributed by atoms with Crippen molar-refractivity contribution < 1.29 is 9.53 Å². The van der Waals surface area contributed by atoms with E-state index in [4.69, 9.17) is 10.5 Å². The van der Waals surface area contributed by atoms with Crippen LogP contribution in [0.15, 0.2) is 0 Å². The van der Waals surface area contributed by atoms with E-state index in [1.54, 1.807) is 0 Å². The molecule has 1 unspecified atom stereocenters. The standard InChI is InChI=1S/C14H25N3O2.2ClH/c15-13(11-3-9-19-10-4-11)14(18)17-7-5-16(6-8-17)12-1-2-12;;/h11-13H,1-10,15H2;2*1H. The molecule has 2 saturated heterocycles. The van der Waals surface area contributed by atoms with Crippen LogP contribution < -0.4 is 5.73 Å². The summed E-state index contributed by atoms with van der Waals surface area (Å²) in [4.78, 5) is 16.9. The molecule has 0 aromatic rings. The van der Waals surface area contributed by atoms with Crippen molar-refractivity contribution in [1.82, 2.24) is 9.80 Å². The van der Waals surface area contributed by atoms with Gasteiger partial charge in [0.1, 0.15) is 0 Å². The number of hydrogen-bond acceptors (Lipinski definition) is 4. The van der Waals surface area contributed by atoms with E-state index in [1.807, 2.05) is 4.90 Å². The van der Waals surface area contributed by atoms with Crippen molar-refractivity contribution in [2.45, 2.75) is 37.8 Å². The number of halogens is 2. The van der Waals surface area contributed by atoms with Crippen molar-refractivity contribution >= 4 is 30.7 Å². The number of amides is 1. The molecule has 7 heteroatoms. The lowest BCUT2D eigenvalue weighted by atomic mass is 9.91. The second-order valence-electron chi connectivity index (χ2n) is 6.07. The molecule has 3 rings (SSSR count). The Balaban J connectivity index is 0.00000110. The minimum atomic E-state index is -0.323. The molecular formula is C14H27Cl2N3O2. The second-order valence-corrected chi connectivity index (χ2v) is 6.07. The lowest BCUT2D eigenvalue weighted by Gasteiger charge is -2.37. The lowest BCUT2D eigenvalue weighted by molar-refractivity contribution is -0.136. The Bertz CT molecular complexity index is 328. The molecule has 3 fully saturated rings. The van der Waals surface area contributed by atoms with Gasteiger partial charge in [0.05, 0.1) is 6.04 Å². The monoisotopic (exact) mass is 339 g/mol. The van der Waals surface area contributed by atoms with Crippen LogP contribution in [0.1, 0.15) is 25.7 Å². The van der Waals surface area contributed by atoms with E-state index in [0.29, 0.717) is 5.92 Å². The largest absolute Gasteiger partial charge is 0.381 e. The molecule has 0 aromatic heterocycles. The number of carbonyl (C=O) groups is 1. The van der Waals surface area contributed by atoms with Crippen molar-refractivity contribution in [2.75, 3.05) is 39.4 Å². The van der Waals surface area contributed by atoms with Gasteiger partial charge >= 0.3 is 0 Å². The van der Waals surface area contributed by atoms with E-state index < -0.39 is 0 Å². The highest BCUT2D eigenvalue weighted by atomic mass is 35.5. The van der Waals surface area contributed by atoms with Crippen LogP contribution in [0, 0.1) is 5.92 Å². The maximum atomic E-state index is 12.4. The number of carbonyl (C=O) groups excluding carboxylic acids is 1. The van der Waals surface area contributed by atoms with E-state index in [1.165, 1.54) is 12.8 Å². The number of nitrogens with two attached hydrogens (primary N) is 1. The third-order valence-electron chi connectivity index (χ3n) is 4.75. The summed E-state index contributed by atoms with van der Waals surface area (Å²) in [6.07, 6.45) is 4.54. The van der Waals surface area contributed by atoms with Gasteiger partial charge in [0, 0.05) is 45.4 Å². The fourth-order valence-corrected chi connectivity index (χ4v) is 3.23. The van der Waals surface area contributed by atoms with Gasteiger partial charge < -0.3 is 15.4 Å². The molecule has 5 nitrogen and oxygen atoms in total. The van der Waals surface area contributed by atoms with Gasteiger partial charge in [0.2, 0.25) is 5.91 Å². The van der Waals surface area contributed by atoms with Gasteiger partial charge in [-0.15, -0.1) is 24.8 Å². The maximum Gasteiger partial charge on any atom is 0.239 e. The summed E-state index contributed by atoms with van der Waals surface area (Å²) in [5, 5.41) is 0. The predicted octanol–water partition coefficient (Wildman–Crippen LogP) is 0.890. The Morgan fingerprint density at radius 1 is 1.00 bits per heavy atom. The Morgan fingerprint density at radius 2 is 1.57 bits per heavy atom. The van der Waals surface area contributed by atoms with E-state index in [0.717, 1.165) is 58.3 Å². The molecule has 0 bridgehead atoms. The lowest BCUT2D eigenvalue weighted by Crippen LogP contribution is -2.55. The van der Waals surface area contributed by atoms with Gasteiger partial charge in [-0.3, -0.25) is 9.69 Å². The van der Waals surface area contributed by atoms with Crippen molar-refractivity contribution in [3.63, 3.8) is 0 Å². The van der Waals surface area contributed by atoms with Crippen LogP contribution in [0.3, 0.4) is 0 Å². The van der Waals surface area contributed by atoms with Gasteiger partial charge in [-0.1, -0.05) is 0 Å². The Kier molecular flexibility index (Phi) is 7.71. The summed E-state index contributed by atoms with van der Waals surface area (Å²) < 4.78 is 5.34. The van der Waals surface area contributed by atoms with E-state index in [-0.39, 0.29) is 36.8 Å². The molecule has 1 amide bonds. The molecule has 124 valence electrons. The summed E-state index contributed by atoms with van der Waals surface area (Å²) in [6.45, 7) is 5.26. The first-order valence-electron chi connectivity index (χ1n) is 7.62. The summed E-state index contributed by atoms with van der Waals surface area (Å²) in [5.74, 6) is 0.463. The number of hydrogen-bond donors (Lipinski definition) is 1. The molecular weight excluding hydrogens is 313 g/mol. The number of piperazine rings is 1. The Labute approximate surface area is 139 Å². The average Bonchev–Trinajstić information content (AvgIpc) is 3.31. The van der Waals surface area contributed by atoms with Gasteiger partial charge in [-0.2, -0.15) is 0 Å².